The van der Waals surface area contributed by atoms with E-state index in [-0.39, 0.29) is 16.7 Å². The van der Waals surface area contributed by atoms with E-state index in [1.54, 1.807) is 11.5 Å². The van der Waals surface area contributed by atoms with E-state index in [2.05, 4.69) is 11.4 Å². The topological polar surface area (TPSA) is 118 Å². The van der Waals surface area contributed by atoms with Crippen molar-refractivity contribution >= 4 is 17.6 Å². The van der Waals surface area contributed by atoms with Crippen molar-refractivity contribution in [1.82, 2.24) is 9.88 Å². The fourth-order valence-corrected chi connectivity index (χ4v) is 5.85. The second kappa shape index (κ2) is 6.48. The number of nitriles is 1. The number of ketones is 1. The molecule has 9 heteroatoms. The van der Waals surface area contributed by atoms with Crippen LogP contribution in [0.25, 0.3) is 0 Å². The number of carbonyl (C=O) groups is 3. The summed E-state index contributed by atoms with van der Waals surface area (Å²) in [7, 11) is 0. The first kappa shape index (κ1) is 20.4. The lowest BCUT2D eigenvalue weighted by molar-refractivity contribution is -0.140. The van der Waals surface area contributed by atoms with Crippen molar-refractivity contribution in [3.63, 3.8) is 0 Å². The number of carbonyl (C=O) groups excluding carboxylic acids is 3. The summed E-state index contributed by atoms with van der Waals surface area (Å²) in [5.74, 6) is -4.30. The number of benzene rings is 1. The van der Waals surface area contributed by atoms with Gasteiger partial charge in [0.25, 0.3) is 17.6 Å². The molecule has 0 saturated heterocycles. The van der Waals surface area contributed by atoms with Crippen LogP contribution in [0.2, 0.25) is 0 Å². The van der Waals surface area contributed by atoms with Crippen molar-refractivity contribution in [2.45, 2.75) is 50.6 Å². The van der Waals surface area contributed by atoms with E-state index >= 15 is 0 Å². The van der Waals surface area contributed by atoms with Gasteiger partial charge in [0.2, 0.25) is 0 Å². The van der Waals surface area contributed by atoms with E-state index in [1.807, 2.05) is 0 Å². The fourth-order valence-electron chi connectivity index (χ4n) is 5.85. The van der Waals surface area contributed by atoms with Crippen molar-refractivity contribution in [2.24, 2.45) is 11.1 Å². The first-order valence-corrected chi connectivity index (χ1v) is 10.4. The quantitative estimate of drug-likeness (QED) is 0.551. The zero-order chi connectivity index (χ0) is 23.0. The summed E-state index contributed by atoms with van der Waals surface area (Å²) in [6, 6.07) is 5.25. The Kier molecular flexibility index (Phi) is 4.13. The van der Waals surface area contributed by atoms with Crippen LogP contribution in [0.4, 0.5) is 8.78 Å². The van der Waals surface area contributed by atoms with Gasteiger partial charge >= 0.3 is 0 Å². The number of Topliss-reactive ketones (excluding diaryl/α,β-unsaturated/α-hetero) is 1. The standard InChI is InChI=1S/C23H20F2N4O3/c1-11-17(19(30)21(32)28-23-7-22(8-23,9-23)10-26)16-5-4-15(29(16)18(11)20(27)31)12-2-3-13(24)14(25)6-12/h2-3,6,15H,4-5,7-9H2,1H3,(H2,27,31)(H,28,32). The Balaban J connectivity index is 1.50. The van der Waals surface area contributed by atoms with Crippen LogP contribution in [0.1, 0.15) is 69.4 Å². The lowest BCUT2D eigenvalue weighted by Gasteiger charge is -2.66. The Labute approximate surface area is 182 Å². The van der Waals surface area contributed by atoms with Crippen molar-refractivity contribution in [2.75, 3.05) is 0 Å². The van der Waals surface area contributed by atoms with Gasteiger partial charge in [0.15, 0.2) is 11.6 Å². The third-order valence-corrected chi connectivity index (χ3v) is 7.16. The molecule has 0 radical (unpaired) electrons. The Morgan fingerprint density at radius 3 is 2.50 bits per heavy atom. The molecule has 1 atom stereocenters. The Bertz CT molecular complexity index is 1250. The normalized spacial score (nSPS) is 27.0. The van der Waals surface area contributed by atoms with Gasteiger partial charge in [-0.1, -0.05) is 6.07 Å². The third kappa shape index (κ3) is 2.65. The number of nitrogens with one attached hydrogen (secondary N) is 1. The highest BCUT2D eigenvalue weighted by atomic mass is 19.2. The van der Waals surface area contributed by atoms with E-state index in [0.717, 1.165) is 12.1 Å². The van der Waals surface area contributed by atoms with Crippen LogP contribution in [0.15, 0.2) is 18.2 Å². The molecule has 7 nitrogen and oxygen atoms in total. The smallest absolute Gasteiger partial charge is 0.292 e. The molecule has 2 amide bonds. The summed E-state index contributed by atoms with van der Waals surface area (Å²) in [5, 5.41) is 11.9. The molecular weight excluding hydrogens is 418 g/mol. The molecule has 1 aliphatic heterocycles. The van der Waals surface area contributed by atoms with Gasteiger partial charge < -0.3 is 15.6 Å². The van der Waals surface area contributed by atoms with E-state index in [9.17, 15) is 23.2 Å². The van der Waals surface area contributed by atoms with Gasteiger partial charge in [0.05, 0.1) is 23.1 Å². The summed E-state index contributed by atoms with van der Waals surface area (Å²) < 4.78 is 28.8. The molecule has 3 fully saturated rings. The lowest BCUT2D eigenvalue weighted by atomic mass is 9.40. The largest absolute Gasteiger partial charge is 0.364 e. The number of fused-ring (bicyclic) bond motifs is 1. The molecular formula is C23H20F2N4O3. The molecule has 3 N–H and O–H groups in total. The highest BCUT2D eigenvalue weighted by Gasteiger charge is 2.69. The summed E-state index contributed by atoms with van der Waals surface area (Å²) in [4.78, 5) is 38.2. The average Bonchev–Trinajstić information content (AvgIpc) is 3.21. The SMILES string of the molecule is Cc1c(C(=O)C(=O)NC23CC(C#N)(C2)C3)c2n(c1C(N)=O)C(c1ccc(F)c(F)c1)CC2. The maximum absolute atomic E-state index is 13.8. The summed E-state index contributed by atoms with van der Waals surface area (Å²) in [6.45, 7) is 1.56. The van der Waals surface area contributed by atoms with Crippen LogP contribution >= 0.6 is 0 Å². The van der Waals surface area contributed by atoms with Crippen molar-refractivity contribution in [1.29, 1.82) is 5.26 Å². The number of hydrogen-bond donors (Lipinski definition) is 2. The first-order valence-electron chi connectivity index (χ1n) is 10.4. The Morgan fingerprint density at radius 1 is 1.22 bits per heavy atom. The van der Waals surface area contributed by atoms with Gasteiger partial charge in [-0.25, -0.2) is 8.78 Å². The van der Waals surface area contributed by atoms with Crippen LogP contribution in [0.3, 0.4) is 0 Å². The number of aromatic nitrogens is 1. The van der Waals surface area contributed by atoms with E-state index in [0.29, 0.717) is 48.9 Å². The molecule has 2 heterocycles. The van der Waals surface area contributed by atoms with E-state index in [1.165, 1.54) is 6.07 Å². The van der Waals surface area contributed by atoms with Crippen molar-refractivity contribution in [3.05, 3.63) is 57.9 Å². The van der Waals surface area contributed by atoms with Gasteiger partial charge in [-0.3, -0.25) is 14.4 Å². The number of rotatable bonds is 5. The van der Waals surface area contributed by atoms with Gasteiger partial charge in [0, 0.05) is 11.2 Å². The summed E-state index contributed by atoms with van der Waals surface area (Å²) in [5.41, 5.74) is 6.16. The van der Waals surface area contributed by atoms with Crippen molar-refractivity contribution < 1.29 is 23.2 Å². The minimum Gasteiger partial charge on any atom is -0.364 e. The van der Waals surface area contributed by atoms with Gasteiger partial charge in [-0.2, -0.15) is 5.26 Å². The molecule has 0 spiro atoms. The van der Waals surface area contributed by atoms with Gasteiger partial charge in [-0.05, 0) is 62.3 Å². The minimum absolute atomic E-state index is 0.0809. The average molecular weight is 438 g/mol. The monoisotopic (exact) mass is 438 g/mol. The highest BCUT2D eigenvalue weighted by Crippen LogP contribution is 2.66. The predicted octanol–water partition coefficient (Wildman–Crippen LogP) is 2.45. The predicted molar refractivity (Wildman–Crippen MR) is 108 cm³/mol. The zero-order valence-electron chi connectivity index (χ0n) is 17.3. The van der Waals surface area contributed by atoms with Gasteiger partial charge in [-0.15, -0.1) is 0 Å². The van der Waals surface area contributed by atoms with Crippen LogP contribution in [0, 0.1) is 35.3 Å². The third-order valence-electron chi connectivity index (χ3n) is 7.16. The molecule has 3 saturated carbocycles. The molecule has 3 aliphatic carbocycles. The molecule has 2 bridgehead atoms. The highest BCUT2D eigenvalue weighted by molar-refractivity contribution is 6.44. The number of halogens is 2. The van der Waals surface area contributed by atoms with Crippen LogP contribution in [-0.4, -0.2) is 27.7 Å². The molecule has 1 aromatic heterocycles. The molecule has 164 valence electrons. The maximum atomic E-state index is 13.8. The summed E-state index contributed by atoms with van der Waals surface area (Å²) in [6.07, 6.45) is 2.42. The van der Waals surface area contributed by atoms with Gasteiger partial charge in [0.1, 0.15) is 5.69 Å². The van der Waals surface area contributed by atoms with Crippen LogP contribution in [0.5, 0.6) is 0 Å². The number of nitrogens with zero attached hydrogens (tertiary/aromatic N) is 2. The zero-order valence-corrected chi connectivity index (χ0v) is 17.3. The van der Waals surface area contributed by atoms with E-state index in [4.69, 9.17) is 11.0 Å². The van der Waals surface area contributed by atoms with Crippen LogP contribution < -0.4 is 11.1 Å². The molecule has 2 aromatic rings. The molecule has 1 unspecified atom stereocenters. The van der Waals surface area contributed by atoms with E-state index < -0.39 is 40.8 Å². The molecule has 1 aromatic carbocycles. The molecule has 4 aliphatic rings. The lowest BCUT2D eigenvalue weighted by Crippen LogP contribution is -2.74. The maximum Gasteiger partial charge on any atom is 0.292 e. The number of primary amides is 1. The number of nitrogens with two attached hydrogens (primary N) is 1. The Morgan fingerprint density at radius 2 is 1.91 bits per heavy atom. The molecule has 32 heavy (non-hydrogen) atoms. The second-order valence-electron chi connectivity index (χ2n) is 9.24. The van der Waals surface area contributed by atoms with Crippen molar-refractivity contribution in [3.8, 4) is 6.07 Å². The number of hydrogen-bond acceptors (Lipinski definition) is 4. The number of amides is 2. The Hall–Kier alpha value is -3.54. The minimum atomic E-state index is -1.01. The summed E-state index contributed by atoms with van der Waals surface area (Å²) >= 11 is 0. The van der Waals surface area contributed by atoms with Crippen LogP contribution in [-0.2, 0) is 11.2 Å². The fraction of sp³-hybridized carbons (Fsp3) is 0.391. The molecule has 6 rings (SSSR count). The first-order chi connectivity index (χ1) is 15.1. The second-order valence-corrected chi connectivity index (χ2v) is 9.24.